The van der Waals surface area contributed by atoms with Gasteiger partial charge in [0.25, 0.3) is 0 Å². The van der Waals surface area contributed by atoms with Crippen molar-refractivity contribution in [2.24, 2.45) is 0 Å². The molecule has 0 aliphatic carbocycles. The van der Waals surface area contributed by atoms with Crippen molar-refractivity contribution in [3.8, 4) is 5.75 Å². The van der Waals surface area contributed by atoms with Crippen LogP contribution in [-0.2, 0) is 6.61 Å². The van der Waals surface area contributed by atoms with Crippen molar-refractivity contribution < 1.29 is 9.13 Å². The lowest BCUT2D eigenvalue weighted by Crippen LogP contribution is -1.96. The van der Waals surface area contributed by atoms with E-state index in [-0.39, 0.29) is 12.4 Å². The quantitative estimate of drug-likeness (QED) is 0.713. The van der Waals surface area contributed by atoms with E-state index in [1.165, 1.54) is 12.1 Å². The van der Waals surface area contributed by atoms with Crippen molar-refractivity contribution in [2.75, 3.05) is 0 Å². The number of benzene rings is 2. The summed E-state index contributed by atoms with van der Waals surface area (Å²) in [6.07, 6.45) is 0. The van der Waals surface area contributed by atoms with E-state index < -0.39 is 0 Å². The highest BCUT2D eigenvalue weighted by Gasteiger charge is 2.03. The van der Waals surface area contributed by atoms with Crippen LogP contribution in [0.25, 0.3) is 0 Å². The highest BCUT2D eigenvalue weighted by atomic mass is 79.9. The third kappa shape index (κ3) is 3.61. The maximum atomic E-state index is 13.1. The SMILES string of the molecule is Fc1cc(Br)cc(COc2ccc(Cl)c(Cl)c2)c1. The van der Waals surface area contributed by atoms with Crippen LogP contribution in [0.3, 0.4) is 0 Å². The Kier molecular flexibility index (Phi) is 4.49. The summed E-state index contributed by atoms with van der Waals surface area (Å²) < 4.78 is 19.3. The molecule has 2 aromatic rings. The van der Waals surface area contributed by atoms with Crippen molar-refractivity contribution in [1.29, 1.82) is 0 Å². The van der Waals surface area contributed by atoms with E-state index in [9.17, 15) is 4.39 Å². The maximum absolute atomic E-state index is 13.1. The van der Waals surface area contributed by atoms with Gasteiger partial charge in [0.1, 0.15) is 18.2 Å². The van der Waals surface area contributed by atoms with Crippen molar-refractivity contribution in [1.82, 2.24) is 0 Å². The molecule has 0 bridgehead atoms. The van der Waals surface area contributed by atoms with Gasteiger partial charge in [0, 0.05) is 10.5 Å². The fourth-order valence-electron chi connectivity index (χ4n) is 1.43. The van der Waals surface area contributed by atoms with E-state index in [1.54, 1.807) is 24.3 Å². The van der Waals surface area contributed by atoms with Crippen molar-refractivity contribution in [2.45, 2.75) is 6.61 Å². The molecule has 0 spiro atoms. The molecular formula is C13H8BrCl2FO. The molecule has 0 saturated heterocycles. The van der Waals surface area contributed by atoms with Crippen molar-refractivity contribution in [3.05, 3.63) is 62.3 Å². The molecule has 94 valence electrons. The van der Waals surface area contributed by atoms with Crippen LogP contribution in [-0.4, -0.2) is 0 Å². The van der Waals surface area contributed by atoms with Crippen LogP contribution in [0.4, 0.5) is 4.39 Å². The Morgan fingerprint density at radius 3 is 2.50 bits per heavy atom. The molecule has 0 saturated carbocycles. The molecule has 0 fully saturated rings. The highest BCUT2D eigenvalue weighted by Crippen LogP contribution is 2.27. The second-order valence-electron chi connectivity index (χ2n) is 3.64. The molecule has 0 radical (unpaired) electrons. The van der Waals surface area contributed by atoms with Crippen LogP contribution in [0.1, 0.15) is 5.56 Å². The van der Waals surface area contributed by atoms with Crippen LogP contribution < -0.4 is 4.74 Å². The normalized spacial score (nSPS) is 10.4. The summed E-state index contributed by atoms with van der Waals surface area (Å²) in [5, 5.41) is 0.895. The second kappa shape index (κ2) is 5.91. The van der Waals surface area contributed by atoms with Gasteiger partial charge in [-0.2, -0.15) is 0 Å². The molecule has 0 N–H and O–H groups in total. The zero-order valence-corrected chi connectivity index (χ0v) is 12.2. The molecule has 0 amide bonds. The molecule has 5 heteroatoms. The lowest BCUT2D eigenvalue weighted by atomic mass is 10.2. The van der Waals surface area contributed by atoms with Gasteiger partial charge in [-0.3, -0.25) is 0 Å². The largest absolute Gasteiger partial charge is 0.489 e. The van der Waals surface area contributed by atoms with Crippen LogP contribution in [0.5, 0.6) is 5.75 Å². The Hall–Kier alpha value is -0.770. The van der Waals surface area contributed by atoms with Gasteiger partial charge < -0.3 is 4.74 Å². The molecule has 2 aromatic carbocycles. The van der Waals surface area contributed by atoms with Crippen molar-refractivity contribution >= 4 is 39.1 Å². The van der Waals surface area contributed by atoms with Crippen LogP contribution in [0, 0.1) is 5.82 Å². The fraction of sp³-hybridized carbons (Fsp3) is 0.0769. The second-order valence-corrected chi connectivity index (χ2v) is 5.37. The number of hydrogen-bond acceptors (Lipinski definition) is 1. The van der Waals surface area contributed by atoms with E-state index in [0.29, 0.717) is 20.3 Å². The third-order valence-electron chi connectivity index (χ3n) is 2.22. The van der Waals surface area contributed by atoms with Crippen molar-refractivity contribution in [3.63, 3.8) is 0 Å². The first kappa shape index (κ1) is 13.7. The molecule has 1 nitrogen and oxygen atoms in total. The van der Waals surface area contributed by atoms with E-state index in [4.69, 9.17) is 27.9 Å². The van der Waals surface area contributed by atoms with E-state index in [2.05, 4.69) is 15.9 Å². The standard InChI is InChI=1S/C13H8BrCl2FO/c14-9-3-8(4-10(17)5-9)7-18-11-1-2-12(15)13(16)6-11/h1-6H,7H2. The smallest absolute Gasteiger partial charge is 0.124 e. The van der Waals surface area contributed by atoms with Gasteiger partial charge in [-0.05, 0) is 35.9 Å². The summed E-state index contributed by atoms with van der Waals surface area (Å²) >= 11 is 14.9. The third-order valence-corrected chi connectivity index (χ3v) is 3.42. The Bertz CT molecular complexity index is 555. The minimum absolute atomic E-state index is 0.258. The average molecular weight is 350 g/mol. The van der Waals surface area contributed by atoms with Gasteiger partial charge in [0.15, 0.2) is 0 Å². The van der Waals surface area contributed by atoms with Gasteiger partial charge in [0.2, 0.25) is 0 Å². The predicted molar refractivity (Wildman–Crippen MR) is 74.9 cm³/mol. The Balaban J connectivity index is 2.08. The molecule has 0 unspecified atom stereocenters. The minimum Gasteiger partial charge on any atom is -0.489 e. The average Bonchev–Trinajstić information content (AvgIpc) is 2.29. The number of halogens is 4. The van der Waals surface area contributed by atoms with Crippen LogP contribution in [0.2, 0.25) is 10.0 Å². The summed E-state index contributed by atoms with van der Waals surface area (Å²) in [5.41, 5.74) is 0.730. The highest BCUT2D eigenvalue weighted by molar-refractivity contribution is 9.10. The van der Waals surface area contributed by atoms with Crippen LogP contribution in [0.15, 0.2) is 40.9 Å². The summed E-state index contributed by atoms with van der Waals surface area (Å²) in [4.78, 5) is 0. The fourth-order valence-corrected chi connectivity index (χ4v) is 2.23. The molecule has 2 rings (SSSR count). The lowest BCUT2D eigenvalue weighted by molar-refractivity contribution is 0.305. The molecule has 0 aromatic heterocycles. The first-order valence-corrected chi connectivity index (χ1v) is 6.62. The number of ether oxygens (including phenoxy) is 1. The Labute approximate surface area is 123 Å². The monoisotopic (exact) mass is 348 g/mol. The summed E-state index contributed by atoms with van der Waals surface area (Å²) in [7, 11) is 0. The molecular weight excluding hydrogens is 342 g/mol. The molecule has 18 heavy (non-hydrogen) atoms. The zero-order valence-electron chi connectivity index (χ0n) is 9.09. The van der Waals surface area contributed by atoms with E-state index in [0.717, 1.165) is 5.56 Å². The lowest BCUT2D eigenvalue weighted by Gasteiger charge is -2.07. The van der Waals surface area contributed by atoms with Crippen LogP contribution >= 0.6 is 39.1 Å². The van der Waals surface area contributed by atoms with E-state index in [1.807, 2.05) is 0 Å². The molecule has 0 heterocycles. The van der Waals surface area contributed by atoms with Gasteiger partial charge >= 0.3 is 0 Å². The minimum atomic E-state index is -0.308. The molecule has 0 aliphatic rings. The summed E-state index contributed by atoms with van der Waals surface area (Å²) in [5.74, 6) is 0.280. The zero-order chi connectivity index (χ0) is 13.1. The summed E-state index contributed by atoms with van der Waals surface area (Å²) in [6.45, 7) is 0.258. The first-order valence-electron chi connectivity index (χ1n) is 5.07. The Morgan fingerprint density at radius 2 is 1.83 bits per heavy atom. The predicted octanol–water partition coefficient (Wildman–Crippen LogP) is 5.47. The molecule has 0 atom stereocenters. The van der Waals surface area contributed by atoms with Gasteiger partial charge in [-0.15, -0.1) is 0 Å². The van der Waals surface area contributed by atoms with Gasteiger partial charge in [-0.1, -0.05) is 39.1 Å². The number of hydrogen-bond donors (Lipinski definition) is 0. The Morgan fingerprint density at radius 1 is 1.06 bits per heavy atom. The summed E-state index contributed by atoms with van der Waals surface area (Å²) in [6, 6.07) is 9.59. The maximum Gasteiger partial charge on any atom is 0.124 e. The first-order chi connectivity index (χ1) is 8.54. The number of rotatable bonds is 3. The topological polar surface area (TPSA) is 9.23 Å². The van der Waals surface area contributed by atoms with E-state index >= 15 is 0 Å². The van der Waals surface area contributed by atoms with Gasteiger partial charge in [-0.25, -0.2) is 4.39 Å². The molecule has 0 aliphatic heterocycles. The van der Waals surface area contributed by atoms with Gasteiger partial charge in [0.05, 0.1) is 10.0 Å².